The number of nitrogens with two attached hydrogens (primary N) is 1. The van der Waals surface area contributed by atoms with Crippen molar-refractivity contribution < 1.29 is 0 Å². The maximum atomic E-state index is 5.51. The Labute approximate surface area is 101 Å². The van der Waals surface area contributed by atoms with Gasteiger partial charge < -0.3 is 5.73 Å². The van der Waals surface area contributed by atoms with Crippen LogP contribution in [0, 0.1) is 0 Å². The zero-order valence-corrected chi connectivity index (χ0v) is 9.69. The van der Waals surface area contributed by atoms with Crippen LogP contribution in [0.1, 0.15) is 23.2 Å². The third-order valence-electron chi connectivity index (χ3n) is 3.32. The average Bonchev–Trinajstić information content (AvgIpc) is 2.86. The Hall–Kier alpha value is -1.74. The van der Waals surface area contributed by atoms with Crippen LogP contribution < -0.4 is 5.73 Å². The number of hydrogen-bond donors (Lipinski definition) is 1. The van der Waals surface area contributed by atoms with Gasteiger partial charge in [0.2, 0.25) is 0 Å². The van der Waals surface area contributed by atoms with E-state index in [1.807, 2.05) is 12.1 Å². The molecule has 1 heterocycles. The van der Waals surface area contributed by atoms with Crippen LogP contribution in [0.5, 0.6) is 0 Å². The lowest BCUT2D eigenvalue weighted by Gasteiger charge is -2.04. The monoisotopic (exact) mass is 225 g/mol. The van der Waals surface area contributed by atoms with Crippen LogP contribution in [-0.2, 0) is 19.4 Å². The number of aryl methyl sites for hydroxylation is 2. The number of nitrogens with zero attached hydrogens (tertiary/aromatic N) is 2. The Balaban J connectivity index is 1.97. The lowest BCUT2D eigenvalue weighted by atomic mass is 10.0. The SMILES string of the molecule is NCc1ccc(-c2ccc3c(c2)CCC3)nn1. The van der Waals surface area contributed by atoms with E-state index in [0.717, 1.165) is 17.0 Å². The van der Waals surface area contributed by atoms with Gasteiger partial charge in [-0.15, -0.1) is 0 Å². The lowest BCUT2D eigenvalue weighted by molar-refractivity contribution is 0.902. The smallest absolute Gasteiger partial charge is 0.0929 e. The van der Waals surface area contributed by atoms with Crippen molar-refractivity contribution in [3.05, 3.63) is 47.2 Å². The van der Waals surface area contributed by atoms with E-state index in [1.54, 1.807) is 0 Å². The minimum atomic E-state index is 0.442. The van der Waals surface area contributed by atoms with Gasteiger partial charge in [-0.2, -0.15) is 10.2 Å². The fraction of sp³-hybridized carbons (Fsp3) is 0.286. The first-order chi connectivity index (χ1) is 8.36. The molecular formula is C14H15N3. The Bertz CT molecular complexity index is 532. The molecule has 0 amide bonds. The molecule has 1 aliphatic carbocycles. The van der Waals surface area contributed by atoms with Gasteiger partial charge in [0.25, 0.3) is 0 Å². The summed E-state index contributed by atoms with van der Waals surface area (Å²) in [6.07, 6.45) is 3.68. The van der Waals surface area contributed by atoms with Gasteiger partial charge in [0.05, 0.1) is 11.4 Å². The topological polar surface area (TPSA) is 51.8 Å². The maximum Gasteiger partial charge on any atom is 0.0929 e. The van der Waals surface area contributed by atoms with Crippen molar-refractivity contribution in [2.75, 3.05) is 0 Å². The van der Waals surface area contributed by atoms with Gasteiger partial charge in [0, 0.05) is 12.1 Å². The fourth-order valence-electron chi connectivity index (χ4n) is 2.35. The molecule has 3 nitrogen and oxygen atoms in total. The zero-order chi connectivity index (χ0) is 11.7. The van der Waals surface area contributed by atoms with Crippen LogP contribution >= 0.6 is 0 Å². The highest BCUT2D eigenvalue weighted by molar-refractivity contribution is 5.61. The number of aromatic nitrogens is 2. The van der Waals surface area contributed by atoms with Crippen molar-refractivity contribution in [1.29, 1.82) is 0 Å². The standard InChI is InChI=1S/C14H15N3/c15-9-13-6-7-14(17-16-13)12-5-4-10-2-1-3-11(10)8-12/h4-8H,1-3,9,15H2. The highest BCUT2D eigenvalue weighted by Crippen LogP contribution is 2.26. The van der Waals surface area contributed by atoms with Crippen molar-refractivity contribution in [3.63, 3.8) is 0 Å². The van der Waals surface area contributed by atoms with Crippen molar-refractivity contribution in [2.24, 2.45) is 5.73 Å². The van der Waals surface area contributed by atoms with Crippen LogP contribution in [0.15, 0.2) is 30.3 Å². The van der Waals surface area contributed by atoms with Gasteiger partial charge >= 0.3 is 0 Å². The van der Waals surface area contributed by atoms with Gasteiger partial charge in [-0.1, -0.05) is 12.1 Å². The number of fused-ring (bicyclic) bond motifs is 1. The first-order valence-electron chi connectivity index (χ1n) is 6.01. The fourth-order valence-corrected chi connectivity index (χ4v) is 2.35. The van der Waals surface area contributed by atoms with E-state index in [9.17, 15) is 0 Å². The molecule has 0 saturated heterocycles. The van der Waals surface area contributed by atoms with Gasteiger partial charge in [-0.05, 0) is 48.6 Å². The summed E-state index contributed by atoms with van der Waals surface area (Å²) in [5.74, 6) is 0. The minimum Gasteiger partial charge on any atom is -0.325 e. The molecule has 17 heavy (non-hydrogen) atoms. The summed E-state index contributed by atoms with van der Waals surface area (Å²) in [5, 5.41) is 8.31. The molecule has 2 N–H and O–H groups in total. The van der Waals surface area contributed by atoms with Gasteiger partial charge in [-0.25, -0.2) is 0 Å². The van der Waals surface area contributed by atoms with Crippen LogP contribution in [0.4, 0.5) is 0 Å². The van der Waals surface area contributed by atoms with E-state index < -0.39 is 0 Å². The quantitative estimate of drug-likeness (QED) is 0.851. The molecule has 86 valence electrons. The summed E-state index contributed by atoms with van der Waals surface area (Å²) >= 11 is 0. The van der Waals surface area contributed by atoms with E-state index in [1.165, 1.54) is 30.4 Å². The van der Waals surface area contributed by atoms with Crippen molar-refractivity contribution in [3.8, 4) is 11.3 Å². The molecule has 0 spiro atoms. The maximum absolute atomic E-state index is 5.51. The molecule has 0 radical (unpaired) electrons. The van der Waals surface area contributed by atoms with Crippen molar-refractivity contribution >= 4 is 0 Å². The summed E-state index contributed by atoms with van der Waals surface area (Å²) in [5.41, 5.74) is 11.4. The third-order valence-corrected chi connectivity index (χ3v) is 3.32. The lowest BCUT2D eigenvalue weighted by Crippen LogP contribution is -2.01. The highest BCUT2D eigenvalue weighted by atomic mass is 15.1. The van der Waals surface area contributed by atoms with Gasteiger partial charge in [0.15, 0.2) is 0 Å². The molecule has 2 aromatic rings. The zero-order valence-electron chi connectivity index (χ0n) is 9.69. The van der Waals surface area contributed by atoms with Gasteiger partial charge in [-0.3, -0.25) is 0 Å². The summed E-state index contributed by atoms with van der Waals surface area (Å²) < 4.78 is 0. The second kappa shape index (κ2) is 4.26. The molecule has 1 aromatic heterocycles. The summed E-state index contributed by atoms with van der Waals surface area (Å²) in [4.78, 5) is 0. The molecule has 3 heteroatoms. The second-order valence-electron chi connectivity index (χ2n) is 4.45. The first-order valence-corrected chi connectivity index (χ1v) is 6.01. The van der Waals surface area contributed by atoms with E-state index in [4.69, 9.17) is 5.73 Å². The molecule has 0 saturated carbocycles. The van der Waals surface area contributed by atoms with Gasteiger partial charge in [0.1, 0.15) is 0 Å². The molecule has 0 unspecified atom stereocenters. The first kappa shape index (κ1) is 10.4. The van der Waals surface area contributed by atoms with Crippen molar-refractivity contribution in [2.45, 2.75) is 25.8 Å². The predicted octanol–water partition coefficient (Wildman–Crippen LogP) is 2.09. The van der Waals surface area contributed by atoms with E-state index in [-0.39, 0.29) is 0 Å². The number of hydrogen-bond acceptors (Lipinski definition) is 3. The van der Waals surface area contributed by atoms with Crippen LogP contribution in [0.3, 0.4) is 0 Å². The largest absolute Gasteiger partial charge is 0.325 e. The molecule has 0 bridgehead atoms. The minimum absolute atomic E-state index is 0.442. The number of rotatable bonds is 2. The average molecular weight is 225 g/mol. The predicted molar refractivity (Wildman–Crippen MR) is 67.4 cm³/mol. The Morgan fingerprint density at radius 1 is 1.00 bits per heavy atom. The molecule has 0 aliphatic heterocycles. The third kappa shape index (κ3) is 1.94. The summed E-state index contributed by atoms with van der Waals surface area (Å²) in [6.45, 7) is 0.442. The van der Waals surface area contributed by atoms with E-state index in [0.29, 0.717) is 6.54 Å². The second-order valence-corrected chi connectivity index (χ2v) is 4.45. The van der Waals surface area contributed by atoms with E-state index >= 15 is 0 Å². The molecule has 3 rings (SSSR count). The Kier molecular flexibility index (Phi) is 2.61. The van der Waals surface area contributed by atoms with Crippen molar-refractivity contribution in [1.82, 2.24) is 10.2 Å². The normalized spacial score (nSPS) is 13.7. The molecule has 0 fully saturated rings. The van der Waals surface area contributed by atoms with E-state index in [2.05, 4.69) is 28.4 Å². The Morgan fingerprint density at radius 2 is 1.88 bits per heavy atom. The molecule has 0 atom stereocenters. The molecule has 1 aromatic carbocycles. The summed E-state index contributed by atoms with van der Waals surface area (Å²) in [6, 6.07) is 10.5. The molecular weight excluding hydrogens is 210 g/mol. The van der Waals surface area contributed by atoms with Crippen LogP contribution in [-0.4, -0.2) is 10.2 Å². The molecule has 1 aliphatic rings. The number of benzene rings is 1. The highest BCUT2D eigenvalue weighted by Gasteiger charge is 2.11. The van der Waals surface area contributed by atoms with Crippen LogP contribution in [0.25, 0.3) is 11.3 Å². The summed E-state index contributed by atoms with van der Waals surface area (Å²) in [7, 11) is 0. The van der Waals surface area contributed by atoms with Crippen LogP contribution in [0.2, 0.25) is 0 Å². The Morgan fingerprint density at radius 3 is 2.65 bits per heavy atom.